The molecular formula is C26H26ClF3N4O6S2. The first-order valence-corrected chi connectivity index (χ1v) is 15.3. The number of carbonyl (C=O) groups excluding carboxylic acids is 1. The Balaban J connectivity index is 1.59. The zero-order chi connectivity index (χ0) is 30.7. The van der Waals surface area contributed by atoms with Gasteiger partial charge in [-0.2, -0.15) is 4.31 Å². The van der Waals surface area contributed by atoms with Gasteiger partial charge in [0.05, 0.1) is 4.90 Å². The molecule has 2 aromatic carbocycles. The lowest BCUT2D eigenvalue weighted by Crippen LogP contribution is -2.60. The van der Waals surface area contributed by atoms with Crippen molar-refractivity contribution in [3.05, 3.63) is 69.7 Å². The van der Waals surface area contributed by atoms with Gasteiger partial charge in [-0.1, -0.05) is 60.5 Å². The number of carbonyl (C=O) groups is 2. The van der Waals surface area contributed by atoms with Crippen molar-refractivity contribution in [2.75, 3.05) is 24.5 Å². The van der Waals surface area contributed by atoms with Gasteiger partial charge in [-0.05, 0) is 41.8 Å². The Bertz CT molecular complexity index is 1530. The van der Waals surface area contributed by atoms with E-state index in [0.717, 1.165) is 63.9 Å². The maximum absolute atomic E-state index is 13.6. The summed E-state index contributed by atoms with van der Waals surface area (Å²) in [7, 11) is -4.36. The summed E-state index contributed by atoms with van der Waals surface area (Å²) < 4.78 is 69.7. The van der Waals surface area contributed by atoms with Crippen molar-refractivity contribution in [3.8, 4) is 5.75 Å². The van der Waals surface area contributed by atoms with Crippen LogP contribution in [0.2, 0.25) is 5.15 Å². The molecule has 1 atom stereocenters. The fourth-order valence-corrected chi connectivity index (χ4v) is 7.10. The first-order valence-electron chi connectivity index (χ1n) is 12.7. The minimum Gasteiger partial charge on any atom is -0.477 e. The highest BCUT2D eigenvalue weighted by molar-refractivity contribution is 7.89. The number of benzene rings is 2. The van der Waals surface area contributed by atoms with Crippen LogP contribution < -0.4 is 15.0 Å². The first kappa shape index (κ1) is 31.5. The second kappa shape index (κ2) is 12.9. The number of nitrogens with one attached hydrogen (secondary N) is 1. The number of thiazole rings is 1. The van der Waals surface area contributed by atoms with Gasteiger partial charge in [0, 0.05) is 26.2 Å². The van der Waals surface area contributed by atoms with E-state index < -0.39 is 40.1 Å². The monoisotopic (exact) mass is 646 g/mol. The molecule has 1 aliphatic heterocycles. The molecule has 1 aliphatic rings. The number of sulfonamides is 1. The highest BCUT2D eigenvalue weighted by Gasteiger charge is 2.41. The molecule has 226 valence electrons. The lowest BCUT2D eigenvalue weighted by Gasteiger charge is -2.39. The van der Waals surface area contributed by atoms with E-state index in [4.69, 9.17) is 11.6 Å². The SMILES string of the molecule is CCCc1ccc(CNC(=O)C2CN(c3nc(Cl)c(C(=O)O)s3)CCN2S(=O)(=O)c2ccc(OC(F)(F)F)cc2)cc1. The number of halogens is 4. The van der Waals surface area contributed by atoms with Crippen LogP contribution in [0.25, 0.3) is 0 Å². The smallest absolute Gasteiger partial charge is 0.477 e. The number of hydrogen-bond acceptors (Lipinski definition) is 8. The number of carboxylic acids is 1. The van der Waals surface area contributed by atoms with Gasteiger partial charge in [-0.25, -0.2) is 18.2 Å². The van der Waals surface area contributed by atoms with Gasteiger partial charge in [0.25, 0.3) is 0 Å². The van der Waals surface area contributed by atoms with Crippen LogP contribution in [0.5, 0.6) is 5.75 Å². The van der Waals surface area contributed by atoms with Crippen LogP contribution in [-0.4, -0.2) is 66.7 Å². The molecule has 2 heterocycles. The minimum absolute atomic E-state index is 0.0417. The lowest BCUT2D eigenvalue weighted by molar-refractivity contribution is -0.274. The predicted octanol–water partition coefficient (Wildman–Crippen LogP) is 4.54. The number of piperazine rings is 1. The van der Waals surface area contributed by atoms with E-state index in [1.165, 1.54) is 0 Å². The van der Waals surface area contributed by atoms with Gasteiger partial charge >= 0.3 is 12.3 Å². The molecule has 1 aromatic heterocycles. The molecule has 0 aliphatic carbocycles. The highest BCUT2D eigenvalue weighted by atomic mass is 35.5. The summed E-state index contributed by atoms with van der Waals surface area (Å²) in [6, 6.07) is 10.0. The molecule has 16 heteroatoms. The number of aromatic nitrogens is 1. The third-order valence-electron chi connectivity index (χ3n) is 6.37. The molecule has 3 aromatic rings. The van der Waals surface area contributed by atoms with Crippen molar-refractivity contribution in [2.45, 2.75) is 43.6 Å². The Kier molecular flexibility index (Phi) is 9.65. The predicted molar refractivity (Wildman–Crippen MR) is 149 cm³/mol. The van der Waals surface area contributed by atoms with Gasteiger partial charge in [0.15, 0.2) is 15.2 Å². The van der Waals surface area contributed by atoms with E-state index in [0.29, 0.717) is 0 Å². The van der Waals surface area contributed by atoms with E-state index in [1.54, 1.807) is 4.90 Å². The van der Waals surface area contributed by atoms with Crippen LogP contribution in [0.15, 0.2) is 53.4 Å². The van der Waals surface area contributed by atoms with E-state index >= 15 is 0 Å². The summed E-state index contributed by atoms with van der Waals surface area (Å²) in [6.45, 7) is 1.84. The Morgan fingerprint density at radius 3 is 2.33 bits per heavy atom. The molecular weight excluding hydrogens is 621 g/mol. The standard InChI is InChI=1S/C26H26ClF3N4O6S2/c1-2-3-16-4-6-17(7-5-16)14-31-23(35)20-15-33(25-32-22(27)21(41-25)24(36)37)12-13-34(20)42(38,39)19-10-8-18(9-11-19)40-26(28,29)30/h4-11,20H,2-3,12-15H2,1H3,(H,31,35)(H,36,37). The molecule has 1 saturated heterocycles. The summed E-state index contributed by atoms with van der Waals surface area (Å²) in [5, 5.41) is 12.1. The maximum atomic E-state index is 13.6. The number of carboxylic acid groups (broad SMARTS) is 1. The maximum Gasteiger partial charge on any atom is 0.573 e. The van der Waals surface area contributed by atoms with Crippen molar-refractivity contribution in [3.63, 3.8) is 0 Å². The molecule has 1 fully saturated rings. The quantitative estimate of drug-likeness (QED) is 0.329. The summed E-state index contributed by atoms with van der Waals surface area (Å²) in [5.74, 6) is -2.50. The number of aromatic carboxylic acids is 1. The number of aryl methyl sites for hydroxylation is 1. The number of amides is 1. The number of nitrogens with zero attached hydrogens (tertiary/aromatic N) is 3. The Morgan fingerprint density at radius 1 is 1.12 bits per heavy atom. The van der Waals surface area contributed by atoms with E-state index in [1.807, 2.05) is 24.3 Å². The highest BCUT2D eigenvalue weighted by Crippen LogP contribution is 2.33. The normalized spacial score (nSPS) is 16.3. The van der Waals surface area contributed by atoms with Crippen molar-refractivity contribution in [1.82, 2.24) is 14.6 Å². The van der Waals surface area contributed by atoms with E-state index in [-0.39, 0.29) is 46.2 Å². The second-order valence-electron chi connectivity index (χ2n) is 9.30. The topological polar surface area (TPSA) is 129 Å². The molecule has 0 spiro atoms. The molecule has 0 bridgehead atoms. The molecule has 0 saturated carbocycles. The van der Waals surface area contributed by atoms with Crippen LogP contribution >= 0.6 is 22.9 Å². The van der Waals surface area contributed by atoms with Gasteiger partial charge in [-0.3, -0.25) is 4.79 Å². The number of hydrogen-bond donors (Lipinski definition) is 2. The molecule has 42 heavy (non-hydrogen) atoms. The zero-order valence-corrected chi connectivity index (χ0v) is 24.5. The summed E-state index contributed by atoms with van der Waals surface area (Å²) in [5.41, 5.74) is 1.94. The third kappa shape index (κ3) is 7.51. The number of rotatable bonds is 10. The lowest BCUT2D eigenvalue weighted by atomic mass is 10.1. The number of alkyl halides is 3. The average molecular weight is 647 g/mol. The molecule has 2 N–H and O–H groups in total. The minimum atomic E-state index is -4.95. The van der Waals surface area contributed by atoms with Crippen molar-refractivity contribution in [1.29, 1.82) is 0 Å². The third-order valence-corrected chi connectivity index (χ3v) is 9.78. The van der Waals surface area contributed by atoms with Crippen LogP contribution in [-0.2, 0) is 27.8 Å². The van der Waals surface area contributed by atoms with Gasteiger partial charge in [0.1, 0.15) is 11.8 Å². The summed E-state index contributed by atoms with van der Waals surface area (Å²) in [4.78, 5) is 30.0. The largest absolute Gasteiger partial charge is 0.573 e. The van der Waals surface area contributed by atoms with Crippen LogP contribution in [0, 0.1) is 0 Å². The Hall–Kier alpha value is -3.40. The van der Waals surface area contributed by atoms with Gasteiger partial charge < -0.3 is 20.1 Å². The molecule has 10 nitrogen and oxygen atoms in total. The number of ether oxygens (including phenoxy) is 1. The Morgan fingerprint density at radius 2 is 1.76 bits per heavy atom. The molecule has 4 rings (SSSR count). The van der Waals surface area contributed by atoms with Crippen LogP contribution in [0.1, 0.15) is 34.1 Å². The summed E-state index contributed by atoms with van der Waals surface area (Å²) in [6.07, 6.45) is -3.06. The fourth-order valence-electron chi connectivity index (χ4n) is 4.37. The summed E-state index contributed by atoms with van der Waals surface area (Å²) >= 11 is 6.76. The zero-order valence-electron chi connectivity index (χ0n) is 22.1. The molecule has 0 radical (unpaired) electrons. The molecule has 1 amide bonds. The van der Waals surface area contributed by atoms with Gasteiger partial charge in [0.2, 0.25) is 15.9 Å². The van der Waals surface area contributed by atoms with E-state index in [2.05, 4.69) is 22.0 Å². The van der Waals surface area contributed by atoms with E-state index in [9.17, 15) is 36.3 Å². The number of anilines is 1. The van der Waals surface area contributed by atoms with Crippen molar-refractivity contribution in [2.24, 2.45) is 0 Å². The molecule has 1 unspecified atom stereocenters. The second-order valence-corrected chi connectivity index (χ2v) is 12.5. The van der Waals surface area contributed by atoms with Crippen molar-refractivity contribution >= 4 is 50.0 Å². The van der Waals surface area contributed by atoms with Crippen molar-refractivity contribution < 1.29 is 41.0 Å². The fraction of sp³-hybridized carbons (Fsp3) is 0.346. The Labute approximate surface area is 248 Å². The van der Waals surface area contributed by atoms with Crippen LogP contribution in [0.4, 0.5) is 18.3 Å². The van der Waals surface area contributed by atoms with Crippen LogP contribution in [0.3, 0.4) is 0 Å². The van der Waals surface area contributed by atoms with Gasteiger partial charge in [-0.15, -0.1) is 13.2 Å². The average Bonchev–Trinajstić information content (AvgIpc) is 3.33. The first-order chi connectivity index (χ1) is 19.8.